The van der Waals surface area contributed by atoms with Crippen LogP contribution < -0.4 is 10.6 Å². The number of guanidine groups is 1. The number of benzene rings is 2. The van der Waals surface area contributed by atoms with Crippen LogP contribution in [-0.4, -0.2) is 39.4 Å². The molecule has 0 aliphatic rings. The molecule has 29 heavy (non-hydrogen) atoms. The average Bonchev–Trinajstić information content (AvgIpc) is 2.74. The minimum Gasteiger partial charge on any atom is -0.379 e. The van der Waals surface area contributed by atoms with E-state index in [4.69, 9.17) is 9.47 Å². The summed E-state index contributed by atoms with van der Waals surface area (Å²) in [6.07, 6.45) is 0. The fourth-order valence-electron chi connectivity index (χ4n) is 2.95. The first kappa shape index (κ1) is 22.9. The van der Waals surface area contributed by atoms with E-state index in [9.17, 15) is 0 Å². The Labute approximate surface area is 175 Å². The van der Waals surface area contributed by atoms with Crippen LogP contribution in [-0.2, 0) is 22.6 Å². The Morgan fingerprint density at radius 3 is 2.45 bits per heavy atom. The minimum absolute atomic E-state index is 0.409. The standard InChI is InChI=1S/C24H35N3O2/c1-5-28-13-14-29-18-22-8-6-7-21(15-22)17-27-24(25-4)26-16-20(3)23-11-9-19(2)10-12-23/h6-12,15,20H,5,13-14,16-18H2,1-4H3,(H2,25,26,27). The number of nitrogens with one attached hydrogen (secondary N) is 2. The number of hydrogen-bond acceptors (Lipinski definition) is 3. The van der Waals surface area contributed by atoms with Crippen molar-refractivity contribution >= 4 is 5.96 Å². The maximum absolute atomic E-state index is 5.66. The number of nitrogens with zero attached hydrogens (tertiary/aromatic N) is 1. The molecule has 0 fully saturated rings. The van der Waals surface area contributed by atoms with Gasteiger partial charge in [-0.25, -0.2) is 0 Å². The van der Waals surface area contributed by atoms with Crippen molar-refractivity contribution in [3.05, 3.63) is 70.8 Å². The van der Waals surface area contributed by atoms with Gasteiger partial charge in [0.25, 0.3) is 0 Å². The van der Waals surface area contributed by atoms with E-state index < -0.39 is 0 Å². The van der Waals surface area contributed by atoms with Gasteiger partial charge in [0.2, 0.25) is 0 Å². The third-order valence-corrected chi connectivity index (χ3v) is 4.74. The van der Waals surface area contributed by atoms with Gasteiger partial charge in [-0.2, -0.15) is 0 Å². The lowest BCUT2D eigenvalue weighted by Crippen LogP contribution is -2.38. The van der Waals surface area contributed by atoms with Crippen LogP contribution in [0.4, 0.5) is 0 Å². The fraction of sp³-hybridized carbons (Fsp3) is 0.458. The molecule has 5 heteroatoms. The Morgan fingerprint density at radius 2 is 1.72 bits per heavy atom. The Kier molecular flexibility index (Phi) is 10.2. The molecule has 0 aromatic heterocycles. The molecule has 0 saturated carbocycles. The van der Waals surface area contributed by atoms with Gasteiger partial charge in [0.1, 0.15) is 0 Å². The lowest BCUT2D eigenvalue weighted by Gasteiger charge is -2.17. The second-order valence-corrected chi connectivity index (χ2v) is 7.19. The molecule has 0 bridgehead atoms. The second kappa shape index (κ2) is 13.0. The molecule has 0 aliphatic heterocycles. The predicted molar refractivity (Wildman–Crippen MR) is 120 cm³/mol. The largest absolute Gasteiger partial charge is 0.379 e. The van der Waals surface area contributed by atoms with Gasteiger partial charge in [0, 0.05) is 26.7 Å². The lowest BCUT2D eigenvalue weighted by molar-refractivity contribution is 0.0453. The van der Waals surface area contributed by atoms with Crippen LogP contribution in [0.1, 0.15) is 42.0 Å². The van der Waals surface area contributed by atoms with E-state index in [0.29, 0.717) is 32.3 Å². The fourth-order valence-corrected chi connectivity index (χ4v) is 2.95. The van der Waals surface area contributed by atoms with Crippen molar-refractivity contribution in [1.82, 2.24) is 10.6 Å². The highest BCUT2D eigenvalue weighted by Gasteiger charge is 2.07. The van der Waals surface area contributed by atoms with E-state index in [-0.39, 0.29) is 0 Å². The van der Waals surface area contributed by atoms with Crippen LogP contribution in [0, 0.1) is 6.92 Å². The molecular formula is C24H35N3O2. The maximum atomic E-state index is 5.66. The van der Waals surface area contributed by atoms with Crippen LogP contribution in [0.2, 0.25) is 0 Å². The quantitative estimate of drug-likeness (QED) is 0.342. The van der Waals surface area contributed by atoms with Crippen molar-refractivity contribution in [2.45, 2.75) is 39.8 Å². The molecule has 158 valence electrons. The molecule has 1 atom stereocenters. The van der Waals surface area contributed by atoms with E-state index >= 15 is 0 Å². The Balaban J connectivity index is 1.77. The summed E-state index contributed by atoms with van der Waals surface area (Å²) in [7, 11) is 1.80. The average molecular weight is 398 g/mol. The van der Waals surface area contributed by atoms with E-state index in [1.165, 1.54) is 16.7 Å². The number of rotatable bonds is 11. The molecule has 2 N–H and O–H groups in total. The second-order valence-electron chi connectivity index (χ2n) is 7.19. The zero-order valence-electron chi connectivity index (χ0n) is 18.2. The van der Waals surface area contributed by atoms with Crippen molar-refractivity contribution in [3.8, 4) is 0 Å². The molecule has 1 unspecified atom stereocenters. The molecule has 0 radical (unpaired) electrons. The molecule has 2 rings (SSSR count). The van der Waals surface area contributed by atoms with Crippen LogP contribution in [0.3, 0.4) is 0 Å². The van der Waals surface area contributed by atoms with Crippen molar-refractivity contribution in [2.75, 3.05) is 33.4 Å². The Morgan fingerprint density at radius 1 is 1.00 bits per heavy atom. The summed E-state index contributed by atoms with van der Waals surface area (Å²) in [5, 5.41) is 6.81. The SMILES string of the molecule is CCOCCOCc1cccc(CNC(=NC)NCC(C)c2ccc(C)cc2)c1. The van der Waals surface area contributed by atoms with Gasteiger partial charge in [-0.3, -0.25) is 4.99 Å². The third kappa shape index (κ3) is 8.67. The molecule has 2 aromatic carbocycles. The van der Waals surface area contributed by atoms with Crippen LogP contribution in [0.15, 0.2) is 53.5 Å². The summed E-state index contributed by atoms with van der Waals surface area (Å²) in [5.74, 6) is 1.22. The predicted octanol–water partition coefficient (Wildman–Crippen LogP) is 4.02. The highest BCUT2D eigenvalue weighted by atomic mass is 16.5. The van der Waals surface area contributed by atoms with Gasteiger partial charge in [0.15, 0.2) is 5.96 Å². The van der Waals surface area contributed by atoms with Gasteiger partial charge < -0.3 is 20.1 Å². The van der Waals surface area contributed by atoms with E-state index in [2.05, 4.69) is 78.0 Å². The van der Waals surface area contributed by atoms with Gasteiger partial charge in [0.05, 0.1) is 19.8 Å². The van der Waals surface area contributed by atoms with Crippen molar-refractivity contribution in [2.24, 2.45) is 4.99 Å². The van der Waals surface area contributed by atoms with Gasteiger partial charge in [-0.1, -0.05) is 61.0 Å². The monoisotopic (exact) mass is 397 g/mol. The lowest BCUT2D eigenvalue weighted by atomic mass is 10.0. The summed E-state index contributed by atoms with van der Waals surface area (Å²) < 4.78 is 10.9. The van der Waals surface area contributed by atoms with Gasteiger partial charge in [-0.05, 0) is 36.5 Å². The highest BCUT2D eigenvalue weighted by molar-refractivity contribution is 5.79. The normalized spacial score (nSPS) is 12.6. The first-order valence-corrected chi connectivity index (χ1v) is 10.4. The molecular weight excluding hydrogens is 362 g/mol. The van der Waals surface area contributed by atoms with Gasteiger partial charge >= 0.3 is 0 Å². The summed E-state index contributed by atoms with van der Waals surface area (Å²) in [4.78, 5) is 4.34. The number of hydrogen-bond donors (Lipinski definition) is 2. The van der Waals surface area contributed by atoms with E-state index in [1.54, 1.807) is 7.05 Å². The summed E-state index contributed by atoms with van der Waals surface area (Å²) in [6, 6.07) is 17.1. The van der Waals surface area contributed by atoms with Crippen molar-refractivity contribution in [1.29, 1.82) is 0 Å². The van der Waals surface area contributed by atoms with Crippen LogP contribution in [0.5, 0.6) is 0 Å². The first-order valence-electron chi connectivity index (χ1n) is 10.4. The molecule has 0 saturated heterocycles. The number of aliphatic imine (C=N–C) groups is 1. The smallest absolute Gasteiger partial charge is 0.191 e. The van der Waals surface area contributed by atoms with Crippen molar-refractivity contribution < 1.29 is 9.47 Å². The number of ether oxygens (including phenoxy) is 2. The van der Waals surface area contributed by atoms with Gasteiger partial charge in [-0.15, -0.1) is 0 Å². The van der Waals surface area contributed by atoms with E-state index in [1.807, 2.05) is 6.92 Å². The zero-order valence-corrected chi connectivity index (χ0v) is 18.2. The van der Waals surface area contributed by atoms with E-state index in [0.717, 1.165) is 24.7 Å². The summed E-state index contributed by atoms with van der Waals surface area (Å²) >= 11 is 0. The molecule has 0 aliphatic carbocycles. The zero-order chi connectivity index (χ0) is 20.9. The molecule has 5 nitrogen and oxygen atoms in total. The molecule has 0 heterocycles. The molecule has 0 spiro atoms. The summed E-state index contributed by atoms with van der Waals surface area (Å²) in [6.45, 7) is 10.4. The minimum atomic E-state index is 0.409. The Hall–Kier alpha value is -2.37. The Bertz CT molecular complexity index is 744. The summed E-state index contributed by atoms with van der Waals surface area (Å²) in [5.41, 5.74) is 4.98. The van der Waals surface area contributed by atoms with Crippen molar-refractivity contribution in [3.63, 3.8) is 0 Å². The third-order valence-electron chi connectivity index (χ3n) is 4.74. The van der Waals surface area contributed by atoms with Crippen LogP contribution in [0.25, 0.3) is 0 Å². The molecule has 0 amide bonds. The topological polar surface area (TPSA) is 54.9 Å². The maximum Gasteiger partial charge on any atom is 0.191 e. The first-order chi connectivity index (χ1) is 14.1. The highest BCUT2D eigenvalue weighted by Crippen LogP contribution is 2.14. The number of aryl methyl sites for hydroxylation is 1. The molecule has 2 aromatic rings. The van der Waals surface area contributed by atoms with Crippen LogP contribution >= 0.6 is 0 Å².